The fourth-order valence-electron chi connectivity index (χ4n) is 2.06. The van der Waals surface area contributed by atoms with Crippen molar-refractivity contribution in [2.45, 2.75) is 13.1 Å². The maximum atomic E-state index is 4.02. The van der Waals surface area contributed by atoms with Crippen molar-refractivity contribution < 1.29 is 0 Å². The fourth-order valence-corrected chi connectivity index (χ4v) is 3.87. The number of para-hydroxylation sites is 2. The third kappa shape index (κ3) is 2.54. The third-order valence-electron chi connectivity index (χ3n) is 3.10. The summed E-state index contributed by atoms with van der Waals surface area (Å²) in [7, 11) is -1.69. The average molecular weight is 253 g/mol. The van der Waals surface area contributed by atoms with Crippen LogP contribution in [0.2, 0.25) is 13.1 Å². The van der Waals surface area contributed by atoms with Crippen LogP contribution < -0.4 is 4.57 Å². The van der Waals surface area contributed by atoms with Gasteiger partial charge in [0.25, 0.3) is 0 Å². The molecule has 0 amide bonds. The van der Waals surface area contributed by atoms with Crippen LogP contribution in [0.25, 0.3) is 0 Å². The monoisotopic (exact) mass is 253 g/mol. The summed E-state index contributed by atoms with van der Waals surface area (Å²) in [6, 6.07) is 21.1. The molecule has 0 aliphatic rings. The Morgan fingerprint density at radius 3 is 1.56 bits per heavy atom. The minimum atomic E-state index is -1.69. The van der Waals surface area contributed by atoms with E-state index in [1.54, 1.807) is 0 Å². The first-order valence-electron chi connectivity index (χ1n) is 6.19. The Kier molecular flexibility index (Phi) is 3.68. The van der Waals surface area contributed by atoms with E-state index in [1.165, 1.54) is 11.4 Å². The topological polar surface area (TPSA) is 3.24 Å². The van der Waals surface area contributed by atoms with E-state index in [1.807, 2.05) is 0 Å². The molecule has 0 spiro atoms. The van der Waals surface area contributed by atoms with Crippen molar-refractivity contribution in [1.29, 1.82) is 0 Å². The van der Waals surface area contributed by atoms with Crippen LogP contribution in [-0.4, -0.2) is 8.24 Å². The lowest BCUT2D eigenvalue weighted by Crippen LogP contribution is -2.44. The number of hydrogen-bond donors (Lipinski definition) is 0. The van der Waals surface area contributed by atoms with Crippen LogP contribution >= 0.6 is 0 Å². The van der Waals surface area contributed by atoms with Gasteiger partial charge in [-0.2, -0.15) is 0 Å². The first-order valence-corrected chi connectivity index (χ1v) is 9.21. The van der Waals surface area contributed by atoms with Crippen molar-refractivity contribution in [3.05, 3.63) is 72.9 Å². The number of benzene rings is 2. The van der Waals surface area contributed by atoms with Crippen LogP contribution in [0.5, 0.6) is 0 Å². The summed E-state index contributed by atoms with van der Waals surface area (Å²) in [5.74, 6) is 0. The van der Waals surface area contributed by atoms with Crippen molar-refractivity contribution in [3.8, 4) is 0 Å². The van der Waals surface area contributed by atoms with E-state index in [9.17, 15) is 0 Å². The lowest BCUT2D eigenvalue weighted by Gasteiger charge is -2.37. The van der Waals surface area contributed by atoms with Crippen molar-refractivity contribution in [3.63, 3.8) is 0 Å². The SMILES string of the molecule is C=C[Si](C)(C)N(c1ccccc1)c1ccccc1. The highest BCUT2D eigenvalue weighted by Gasteiger charge is 2.27. The third-order valence-corrected chi connectivity index (χ3v) is 5.77. The number of nitrogens with zero attached hydrogens (tertiary/aromatic N) is 1. The van der Waals surface area contributed by atoms with E-state index in [0.717, 1.165) is 0 Å². The lowest BCUT2D eigenvalue weighted by atomic mass is 10.3. The van der Waals surface area contributed by atoms with Crippen molar-refractivity contribution in [2.75, 3.05) is 4.57 Å². The van der Waals surface area contributed by atoms with E-state index < -0.39 is 8.24 Å². The molecule has 0 aliphatic heterocycles. The molecule has 0 saturated carbocycles. The van der Waals surface area contributed by atoms with Crippen molar-refractivity contribution >= 4 is 19.6 Å². The molecule has 0 heterocycles. The van der Waals surface area contributed by atoms with Gasteiger partial charge in [0.05, 0.1) is 0 Å². The second kappa shape index (κ2) is 5.23. The summed E-state index contributed by atoms with van der Waals surface area (Å²) in [6.07, 6.45) is 0. The molecule has 2 aromatic rings. The zero-order valence-corrected chi connectivity index (χ0v) is 12.0. The molecule has 0 radical (unpaired) electrons. The summed E-state index contributed by atoms with van der Waals surface area (Å²) in [5, 5.41) is 0. The molecule has 0 aliphatic carbocycles. The van der Waals surface area contributed by atoms with Crippen LogP contribution in [0, 0.1) is 0 Å². The first kappa shape index (κ1) is 12.6. The van der Waals surface area contributed by atoms with Gasteiger partial charge in [-0.1, -0.05) is 42.1 Å². The minimum absolute atomic E-state index is 1.24. The summed E-state index contributed by atoms with van der Waals surface area (Å²) < 4.78 is 2.43. The van der Waals surface area contributed by atoms with Crippen LogP contribution in [0.3, 0.4) is 0 Å². The highest BCUT2D eigenvalue weighted by atomic mass is 28.3. The number of rotatable bonds is 4. The highest BCUT2D eigenvalue weighted by molar-refractivity contribution is 6.86. The smallest absolute Gasteiger partial charge is 0.180 e. The van der Waals surface area contributed by atoms with E-state index in [-0.39, 0.29) is 0 Å². The second-order valence-corrected chi connectivity index (χ2v) is 9.03. The van der Waals surface area contributed by atoms with Crippen molar-refractivity contribution in [2.24, 2.45) is 0 Å². The van der Waals surface area contributed by atoms with Gasteiger partial charge in [-0.3, -0.25) is 0 Å². The Balaban J connectivity index is 2.52. The molecule has 0 unspecified atom stereocenters. The first-order chi connectivity index (χ1) is 8.65. The Morgan fingerprint density at radius 2 is 1.22 bits per heavy atom. The summed E-state index contributed by atoms with van der Waals surface area (Å²) in [6.45, 7) is 8.64. The fraction of sp³-hybridized carbons (Fsp3) is 0.125. The molecule has 92 valence electrons. The quantitative estimate of drug-likeness (QED) is 0.710. The molecule has 0 bridgehead atoms. The van der Waals surface area contributed by atoms with E-state index in [0.29, 0.717) is 0 Å². The van der Waals surface area contributed by atoms with Gasteiger partial charge in [0.15, 0.2) is 8.24 Å². The Hall–Kier alpha value is -1.80. The molecular weight excluding hydrogens is 234 g/mol. The zero-order valence-electron chi connectivity index (χ0n) is 11.0. The largest absolute Gasteiger partial charge is 0.365 e. The molecule has 0 aromatic heterocycles. The van der Waals surface area contributed by atoms with Gasteiger partial charge in [0.1, 0.15) is 0 Å². The van der Waals surface area contributed by atoms with Crippen molar-refractivity contribution in [1.82, 2.24) is 0 Å². The van der Waals surface area contributed by atoms with E-state index in [2.05, 4.69) is 90.6 Å². The normalized spacial score (nSPS) is 11.0. The van der Waals surface area contributed by atoms with E-state index >= 15 is 0 Å². The van der Waals surface area contributed by atoms with Crippen LogP contribution in [-0.2, 0) is 0 Å². The molecule has 0 N–H and O–H groups in total. The lowest BCUT2D eigenvalue weighted by molar-refractivity contribution is 1.33. The predicted molar refractivity (Wildman–Crippen MR) is 82.7 cm³/mol. The van der Waals surface area contributed by atoms with E-state index in [4.69, 9.17) is 0 Å². The van der Waals surface area contributed by atoms with Gasteiger partial charge in [-0.15, -0.1) is 6.58 Å². The second-order valence-electron chi connectivity index (χ2n) is 4.86. The maximum Gasteiger partial charge on any atom is 0.180 e. The summed E-state index contributed by atoms with van der Waals surface area (Å²) in [5.41, 5.74) is 4.59. The van der Waals surface area contributed by atoms with Gasteiger partial charge in [-0.25, -0.2) is 0 Å². The average Bonchev–Trinajstić information content (AvgIpc) is 2.41. The van der Waals surface area contributed by atoms with Crippen LogP contribution in [0.1, 0.15) is 0 Å². The van der Waals surface area contributed by atoms with Gasteiger partial charge in [0.2, 0.25) is 0 Å². The Labute approximate surface area is 110 Å². The molecular formula is C16H19NSi. The predicted octanol–water partition coefficient (Wildman–Crippen LogP) is 4.76. The van der Waals surface area contributed by atoms with Crippen LogP contribution in [0.4, 0.5) is 11.4 Å². The maximum absolute atomic E-state index is 4.02. The molecule has 2 aromatic carbocycles. The number of hydrogen-bond acceptors (Lipinski definition) is 1. The molecule has 18 heavy (non-hydrogen) atoms. The molecule has 0 fully saturated rings. The van der Waals surface area contributed by atoms with Crippen LogP contribution in [0.15, 0.2) is 72.9 Å². The molecule has 2 rings (SSSR count). The zero-order chi connectivity index (χ0) is 13.0. The molecule has 2 heteroatoms. The van der Waals surface area contributed by atoms with Gasteiger partial charge >= 0.3 is 0 Å². The number of anilines is 2. The Morgan fingerprint density at radius 1 is 0.833 bits per heavy atom. The highest BCUT2D eigenvalue weighted by Crippen LogP contribution is 2.31. The Bertz CT molecular complexity index is 466. The van der Waals surface area contributed by atoms with Gasteiger partial charge in [0, 0.05) is 11.4 Å². The molecule has 0 atom stereocenters. The standard InChI is InChI=1S/C16H19NSi/c1-4-18(2,3)17(15-11-7-5-8-12-15)16-13-9-6-10-14-16/h4-14H,1H2,2-3H3. The van der Waals surface area contributed by atoms with Gasteiger partial charge in [-0.05, 0) is 37.4 Å². The summed E-state index contributed by atoms with van der Waals surface area (Å²) >= 11 is 0. The minimum Gasteiger partial charge on any atom is -0.365 e. The molecule has 1 nitrogen and oxygen atoms in total. The summed E-state index contributed by atoms with van der Waals surface area (Å²) in [4.78, 5) is 0. The van der Waals surface area contributed by atoms with Gasteiger partial charge < -0.3 is 4.57 Å². The molecule has 0 saturated heterocycles.